The van der Waals surface area contributed by atoms with Crippen LogP contribution in [0.25, 0.3) is 0 Å². The molecule has 1 heterocycles. The smallest absolute Gasteiger partial charge is 0.410 e. The summed E-state index contributed by atoms with van der Waals surface area (Å²) >= 11 is 0. The molecule has 0 saturated carbocycles. The van der Waals surface area contributed by atoms with Crippen molar-refractivity contribution in [1.29, 1.82) is 0 Å². The van der Waals surface area contributed by atoms with E-state index in [0.717, 1.165) is 25.8 Å². The molecule has 0 radical (unpaired) electrons. The van der Waals surface area contributed by atoms with Crippen molar-refractivity contribution in [3.8, 4) is 0 Å². The average molecular weight is 272 g/mol. The van der Waals surface area contributed by atoms with Crippen LogP contribution in [0.3, 0.4) is 0 Å². The van der Waals surface area contributed by atoms with Crippen molar-refractivity contribution in [2.75, 3.05) is 20.2 Å². The van der Waals surface area contributed by atoms with Crippen LogP contribution in [0.1, 0.15) is 46.5 Å². The van der Waals surface area contributed by atoms with E-state index in [9.17, 15) is 4.79 Å². The highest BCUT2D eigenvalue weighted by atomic mass is 16.6. The van der Waals surface area contributed by atoms with Gasteiger partial charge in [-0.25, -0.2) is 4.79 Å². The first kappa shape index (κ1) is 16.2. The number of carbonyl (C=O) groups is 1. The number of aliphatic hydroxyl groups is 1. The molecule has 0 aliphatic carbocycles. The van der Waals surface area contributed by atoms with Gasteiger partial charge in [-0.2, -0.15) is 0 Å². The molecule has 1 aliphatic rings. The zero-order chi connectivity index (χ0) is 14.5. The summed E-state index contributed by atoms with van der Waals surface area (Å²) in [5.74, 6) is 0. The van der Waals surface area contributed by atoms with Gasteiger partial charge in [0.15, 0.2) is 0 Å². The van der Waals surface area contributed by atoms with Crippen LogP contribution < -0.4 is 5.32 Å². The molecule has 2 atom stereocenters. The molecule has 1 saturated heterocycles. The van der Waals surface area contributed by atoms with Crippen molar-refractivity contribution < 1.29 is 14.6 Å². The second-order valence-electron chi connectivity index (χ2n) is 6.14. The Morgan fingerprint density at radius 3 is 2.68 bits per heavy atom. The van der Waals surface area contributed by atoms with E-state index in [2.05, 4.69) is 5.32 Å². The first-order valence-electron chi connectivity index (χ1n) is 7.17. The van der Waals surface area contributed by atoms with Crippen molar-refractivity contribution in [1.82, 2.24) is 10.2 Å². The van der Waals surface area contributed by atoms with E-state index >= 15 is 0 Å². The number of carbonyl (C=O) groups excluding carboxylic acids is 1. The number of nitrogens with zero attached hydrogens (tertiary/aromatic N) is 1. The van der Waals surface area contributed by atoms with Crippen LogP contribution in [0.4, 0.5) is 4.79 Å². The maximum Gasteiger partial charge on any atom is 0.410 e. The van der Waals surface area contributed by atoms with Crippen LogP contribution in [-0.4, -0.2) is 54.0 Å². The predicted octanol–water partition coefficient (Wildman–Crippen LogP) is 1.75. The minimum Gasteiger partial charge on any atom is -0.444 e. The Bertz CT molecular complexity index is 289. The van der Waals surface area contributed by atoms with Crippen molar-refractivity contribution in [3.05, 3.63) is 0 Å². The number of ether oxygens (including phenoxy) is 1. The number of aliphatic hydroxyl groups excluding tert-OH is 1. The molecule has 1 fully saturated rings. The monoisotopic (exact) mass is 272 g/mol. The lowest BCUT2D eigenvalue weighted by molar-refractivity contribution is 0.00379. The first-order chi connectivity index (χ1) is 8.89. The summed E-state index contributed by atoms with van der Waals surface area (Å²) in [6.07, 6.45) is 3.51. The maximum absolute atomic E-state index is 12.3. The molecule has 1 amide bonds. The molecule has 1 aliphatic heterocycles. The molecule has 2 N–H and O–H groups in total. The highest BCUT2D eigenvalue weighted by Crippen LogP contribution is 2.23. The third kappa shape index (κ3) is 4.99. The van der Waals surface area contributed by atoms with Crippen molar-refractivity contribution in [2.45, 2.75) is 64.1 Å². The Morgan fingerprint density at radius 2 is 2.16 bits per heavy atom. The lowest BCUT2D eigenvalue weighted by Gasteiger charge is -2.40. The Kier molecular flexibility index (Phi) is 6.07. The Balaban J connectivity index is 2.73. The molecule has 112 valence electrons. The van der Waals surface area contributed by atoms with E-state index in [-0.39, 0.29) is 24.8 Å². The fourth-order valence-corrected chi connectivity index (χ4v) is 2.59. The van der Waals surface area contributed by atoms with Crippen LogP contribution in [0.15, 0.2) is 0 Å². The molecule has 5 heteroatoms. The van der Waals surface area contributed by atoms with Crippen LogP contribution in [0, 0.1) is 0 Å². The predicted molar refractivity (Wildman–Crippen MR) is 75.1 cm³/mol. The van der Waals surface area contributed by atoms with Gasteiger partial charge in [0.25, 0.3) is 0 Å². The van der Waals surface area contributed by atoms with Gasteiger partial charge in [0.05, 0.1) is 6.04 Å². The van der Waals surface area contributed by atoms with Gasteiger partial charge in [-0.05, 0) is 53.5 Å². The highest BCUT2D eigenvalue weighted by molar-refractivity contribution is 5.68. The fourth-order valence-electron chi connectivity index (χ4n) is 2.59. The minimum atomic E-state index is -0.467. The molecule has 0 aromatic rings. The first-order valence-corrected chi connectivity index (χ1v) is 7.17. The normalized spacial score (nSPS) is 22.2. The molecule has 0 aromatic carbocycles. The van der Waals surface area contributed by atoms with Gasteiger partial charge in [0.1, 0.15) is 5.60 Å². The molecule has 5 nitrogen and oxygen atoms in total. The summed E-state index contributed by atoms with van der Waals surface area (Å²) in [7, 11) is 1.88. The van der Waals surface area contributed by atoms with E-state index in [0.29, 0.717) is 6.42 Å². The van der Waals surface area contributed by atoms with E-state index in [1.54, 1.807) is 0 Å². The summed E-state index contributed by atoms with van der Waals surface area (Å²) in [5, 5.41) is 12.3. The quantitative estimate of drug-likeness (QED) is 0.818. The van der Waals surface area contributed by atoms with E-state index < -0.39 is 5.60 Å². The standard InChI is InChI=1S/C14H28N2O3/c1-14(2,3)19-13(18)16-9-6-5-7-12(16)11(15-4)8-10-17/h11-12,15,17H,5-10H2,1-4H3/t11-,12-/m1/s1. The largest absolute Gasteiger partial charge is 0.444 e. The topological polar surface area (TPSA) is 61.8 Å². The molecule has 0 unspecified atom stereocenters. The lowest BCUT2D eigenvalue weighted by atomic mass is 9.94. The minimum absolute atomic E-state index is 0.112. The lowest BCUT2D eigenvalue weighted by Crippen LogP contribution is -2.54. The Hall–Kier alpha value is -0.810. The van der Waals surface area contributed by atoms with Crippen molar-refractivity contribution >= 4 is 6.09 Å². The zero-order valence-electron chi connectivity index (χ0n) is 12.6. The molecular formula is C14H28N2O3. The van der Waals surface area contributed by atoms with Gasteiger partial charge in [-0.15, -0.1) is 0 Å². The SMILES string of the molecule is CN[C@H](CCO)[C@H]1CCCCN1C(=O)OC(C)(C)C. The molecule has 1 rings (SSSR count). The number of piperidine rings is 1. The second kappa shape index (κ2) is 7.10. The van der Waals surface area contributed by atoms with Gasteiger partial charge >= 0.3 is 6.09 Å². The number of hydrogen-bond donors (Lipinski definition) is 2. The van der Waals surface area contributed by atoms with Crippen molar-refractivity contribution in [2.24, 2.45) is 0 Å². The van der Waals surface area contributed by atoms with Crippen LogP contribution in [-0.2, 0) is 4.74 Å². The van der Waals surface area contributed by atoms with E-state index in [1.165, 1.54) is 0 Å². The molecule has 0 aromatic heterocycles. The molecule has 19 heavy (non-hydrogen) atoms. The third-order valence-corrected chi connectivity index (χ3v) is 3.45. The number of amides is 1. The molecular weight excluding hydrogens is 244 g/mol. The third-order valence-electron chi connectivity index (χ3n) is 3.45. The number of hydrogen-bond acceptors (Lipinski definition) is 4. The van der Waals surface area contributed by atoms with Crippen molar-refractivity contribution in [3.63, 3.8) is 0 Å². The van der Waals surface area contributed by atoms with E-state index in [4.69, 9.17) is 9.84 Å². The zero-order valence-corrected chi connectivity index (χ0v) is 12.6. The highest BCUT2D eigenvalue weighted by Gasteiger charge is 2.34. The van der Waals surface area contributed by atoms with Gasteiger partial charge in [0.2, 0.25) is 0 Å². The number of nitrogens with one attached hydrogen (secondary N) is 1. The van der Waals surface area contributed by atoms with E-state index in [1.807, 2.05) is 32.7 Å². The van der Waals surface area contributed by atoms with Crippen LogP contribution in [0.5, 0.6) is 0 Å². The summed E-state index contributed by atoms with van der Waals surface area (Å²) in [6.45, 7) is 6.51. The Labute approximate surface area is 116 Å². The number of likely N-dealkylation sites (N-methyl/N-ethyl adjacent to an activating group) is 1. The summed E-state index contributed by atoms with van der Waals surface area (Å²) in [6, 6.07) is 0.235. The number of rotatable bonds is 4. The maximum atomic E-state index is 12.3. The summed E-state index contributed by atoms with van der Waals surface area (Å²) < 4.78 is 5.48. The average Bonchev–Trinajstić information content (AvgIpc) is 2.34. The van der Waals surface area contributed by atoms with Gasteiger partial charge in [-0.3, -0.25) is 0 Å². The molecule has 0 spiro atoms. The van der Waals surface area contributed by atoms with Crippen LogP contribution in [0.2, 0.25) is 0 Å². The second-order valence-corrected chi connectivity index (χ2v) is 6.14. The molecule has 0 bridgehead atoms. The van der Waals surface area contributed by atoms with Gasteiger partial charge < -0.3 is 20.1 Å². The summed E-state index contributed by atoms with van der Waals surface area (Å²) in [5.41, 5.74) is -0.467. The van der Waals surface area contributed by atoms with Crippen LogP contribution >= 0.6 is 0 Å². The fraction of sp³-hybridized carbons (Fsp3) is 0.929. The number of likely N-dealkylation sites (tertiary alicyclic amines) is 1. The van der Waals surface area contributed by atoms with Gasteiger partial charge in [0, 0.05) is 19.2 Å². The summed E-state index contributed by atoms with van der Waals surface area (Å²) in [4.78, 5) is 14.1. The van der Waals surface area contributed by atoms with Gasteiger partial charge in [-0.1, -0.05) is 0 Å². The Morgan fingerprint density at radius 1 is 1.47 bits per heavy atom.